The van der Waals surface area contributed by atoms with Gasteiger partial charge < -0.3 is 5.73 Å². The Labute approximate surface area is 97.6 Å². The molecule has 80 valence electrons. The highest BCUT2D eigenvalue weighted by atomic mass is 15.0. The van der Waals surface area contributed by atoms with Gasteiger partial charge in [-0.15, -0.1) is 0 Å². The summed E-state index contributed by atoms with van der Waals surface area (Å²) in [7, 11) is 0. The number of nitrogens with zero attached hydrogens (tertiary/aromatic N) is 2. The molecule has 3 heteroatoms. The zero-order chi connectivity index (χ0) is 11.4. The average Bonchev–Trinajstić information content (AvgIpc) is 2.84. The van der Waals surface area contributed by atoms with Crippen LogP contribution in [0.1, 0.15) is 5.56 Å². The van der Waals surface area contributed by atoms with Crippen LogP contribution in [0.3, 0.4) is 0 Å². The van der Waals surface area contributed by atoms with Gasteiger partial charge in [-0.3, -0.25) is 0 Å². The van der Waals surface area contributed by atoms with Crippen LogP contribution in [-0.2, 0) is 0 Å². The zero-order valence-electron chi connectivity index (χ0n) is 9.01. The molecule has 0 saturated carbocycles. The summed E-state index contributed by atoms with van der Waals surface area (Å²) >= 11 is 0. The third-order valence-corrected chi connectivity index (χ3v) is 3.14. The van der Waals surface area contributed by atoms with E-state index in [0.717, 1.165) is 38.9 Å². The van der Waals surface area contributed by atoms with Crippen LogP contribution >= 0.6 is 0 Å². The Morgan fingerprint density at radius 1 is 0.941 bits per heavy atom. The summed E-state index contributed by atoms with van der Waals surface area (Å²) in [6.07, 6.45) is 0. The van der Waals surface area contributed by atoms with E-state index in [2.05, 4.69) is 16.1 Å². The molecule has 2 aromatic carbocycles. The standard InChI is InChI=1S/C14H9N3/c15-8-5-6-12-10(7-8)13-9-3-1-2-4-11(9)16-14(13)17-12/h1-7H,15H2. The fraction of sp³-hybridized carbons (Fsp3) is 0. The van der Waals surface area contributed by atoms with Crippen LogP contribution in [0.25, 0.3) is 5.57 Å². The van der Waals surface area contributed by atoms with Crippen molar-refractivity contribution in [3.8, 4) is 0 Å². The molecule has 4 rings (SSSR count). The molecule has 0 atom stereocenters. The molecule has 17 heavy (non-hydrogen) atoms. The molecule has 0 saturated heterocycles. The maximum Gasteiger partial charge on any atom is 0.161 e. The van der Waals surface area contributed by atoms with E-state index in [-0.39, 0.29) is 0 Å². The third kappa shape index (κ3) is 1.05. The maximum absolute atomic E-state index is 5.84. The van der Waals surface area contributed by atoms with Crippen molar-refractivity contribution in [1.29, 1.82) is 0 Å². The van der Waals surface area contributed by atoms with Gasteiger partial charge in [-0.25, -0.2) is 9.98 Å². The summed E-state index contributed by atoms with van der Waals surface area (Å²) in [6, 6.07) is 13.9. The normalized spacial score (nSPS) is 14.8. The number of nitrogen functional groups attached to an aromatic ring is 1. The van der Waals surface area contributed by atoms with Gasteiger partial charge in [0, 0.05) is 22.0 Å². The molecule has 0 aromatic heterocycles. The quantitative estimate of drug-likeness (QED) is 0.664. The van der Waals surface area contributed by atoms with Crippen molar-refractivity contribution in [3.63, 3.8) is 0 Å². The SMILES string of the molecule is Nc1ccc2c(c1)=C1C(=Nc3ccccc31)N=2. The number of anilines is 1. The molecule has 0 spiro atoms. The first-order valence-electron chi connectivity index (χ1n) is 5.50. The smallest absolute Gasteiger partial charge is 0.161 e. The fourth-order valence-corrected chi connectivity index (χ4v) is 2.38. The van der Waals surface area contributed by atoms with Crippen LogP contribution in [0.2, 0.25) is 0 Å². The minimum absolute atomic E-state index is 0.761. The van der Waals surface area contributed by atoms with Crippen molar-refractivity contribution in [1.82, 2.24) is 0 Å². The maximum atomic E-state index is 5.84. The van der Waals surface area contributed by atoms with Gasteiger partial charge >= 0.3 is 0 Å². The molecule has 2 aromatic rings. The second-order valence-electron chi connectivity index (χ2n) is 4.22. The highest BCUT2D eigenvalue weighted by Gasteiger charge is 2.24. The number of benzene rings is 2. The lowest BCUT2D eigenvalue weighted by Crippen LogP contribution is -2.23. The highest BCUT2D eigenvalue weighted by Crippen LogP contribution is 2.33. The first-order valence-corrected chi connectivity index (χ1v) is 5.50. The number of hydrogen-bond donors (Lipinski definition) is 1. The van der Waals surface area contributed by atoms with E-state index >= 15 is 0 Å². The second-order valence-corrected chi connectivity index (χ2v) is 4.22. The summed E-state index contributed by atoms with van der Waals surface area (Å²) in [5.74, 6) is 0.812. The van der Waals surface area contributed by atoms with Gasteiger partial charge in [0.1, 0.15) is 0 Å². The Morgan fingerprint density at radius 2 is 1.82 bits per heavy atom. The van der Waals surface area contributed by atoms with E-state index < -0.39 is 0 Å². The van der Waals surface area contributed by atoms with Crippen molar-refractivity contribution in [2.75, 3.05) is 5.73 Å². The van der Waals surface area contributed by atoms with Crippen molar-refractivity contribution in [3.05, 3.63) is 58.6 Å². The molecular weight excluding hydrogens is 210 g/mol. The van der Waals surface area contributed by atoms with Crippen LogP contribution in [0.4, 0.5) is 11.4 Å². The van der Waals surface area contributed by atoms with Crippen molar-refractivity contribution >= 4 is 22.8 Å². The van der Waals surface area contributed by atoms with Crippen molar-refractivity contribution < 1.29 is 0 Å². The third-order valence-electron chi connectivity index (χ3n) is 3.14. The van der Waals surface area contributed by atoms with E-state index in [1.54, 1.807) is 0 Å². The van der Waals surface area contributed by atoms with Gasteiger partial charge in [0.2, 0.25) is 0 Å². The molecule has 0 bridgehead atoms. The predicted octanol–water partition coefficient (Wildman–Crippen LogP) is 1.14. The van der Waals surface area contributed by atoms with Crippen LogP contribution < -0.4 is 16.3 Å². The van der Waals surface area contributed by atoms with Crippen LogP contribution in [-0.4, -0.2) is 5.84 Å². The largest absolute Gasteiger partial charge is 0.399 e. The predicted molar refractivity (Wildman–Crippen MR) is 67.7 cm³/mol. The molecule has 0 unspecified atom stereocenters. The Bertz CT molecular complexity index is 800. The molecular formula is C14H9N3. The Hall–Kier alpha value is -2.42. The molecule has 0 radical (unpaired) electrons. The van der Waals surface area contributed by atoms with E-state index in [4.69, 9.17) is 5.73 Å². The lowest BCUT2D eigenvalue weighted by molar-refractivity contribution is 1.38. The Balaban J connectivity index is 2.20. The molecule has 2 N–H and O–H groups in total. The van der Waals surface area contributed by atoms with Gasteiger partial charge in [0.15, 0.2) is 5.84 Å². The van der Waals surface area contributed by atoms with Crippen molar-refractivity contribution in [2.45, 2.75) is 0 Å². The van der Waals surface area contributed by atoms with E-state index in [1.807, 2.05) is 36.4 Å². The number of fused-ring (bicyclic) bond motifs is 4. The number of nitrogens with two attached hydrogens (primary N) is 1. The summed E-state index contributed by atoms with van der Waals surface area (Å²) in [6.45, 7) is 0. The van der Waals surface area contributed by atoms with E-state index in [1.165, 1.54) is 0 Å². The summed E-state index contributed by atoms with van der Waals surface area (Å²) in [5, 5.41) is 2.05. The minimum atomic E-state index is 0.761. The summed E-state index contributed by atoms with van der Waals surface area (Å²) in [5.41, 5.74) is 9.86. The number of aliphatic imine (C=N–C) groups is 1. The monoisotopic (exact) mass is 219 g/mol. The zero-order valence-corrected chi connectivity index (χ0v) is 9.01. The topological polar surface area (TPSA) is 50.7 Å². The molecule has 2 aliphatic heterocycles. The Kier molecular flexibility index (Phi) is 1.45. The van der Waals surface area contributed by atoms with Gasteiger partial charge in [-0.05, 0) is 24.3 Å². The number of hydrogen-bond acceptors (Lipinski definition) is 3. The van der Waals surface area contributed by atoms with Gasteiger partial charge in [0.05, 0.1) is 11.0 Å². The summed E-state index contributed by atoms with van der Waals surface area (Å²) in [4.78, 5) is 9.06. The van der Waals surface area contributed by atoms with Crippen LogP contribution in [0.5, 0.6) is 0 Å². The van der Waals surface area contributed by atoms with Gasteiger partial charge in [-0.1, -0.05) is 18.2 Å². The molecule has 2 heterocycles. The highest BCUT2D eigenvalue weighted by molar-refractivity contribution is 6.29. The van der Waals surface area contributed by atoms with Gasteiger partial charge in [0.25, 0.3) is 0 Å². The van der Waals surface area contributed by atoms with Crippen LogP contribution in [0, 0.1) is 0 Å². The van der Waals surface area contributed by atoms with Crippen molar-refractivity contribution in [2.24, 2.45) is 9.98 Å². The average molecular weight is 219 g/mol. The summed E-state index contributed by atoms with van der Waals surface area (Å²) < 4.78 is 0. The number of rotatable bonds is 0. The molecule has 3 nitrogen and oxygen atoms in total. The lowest BCUT2D eigenvalue weighted by Gasteiger charge is -1.97. The molecule has 0 aliphatic carbocycles. The molecule has 2 aliphatic rings. The fourth-order valence-electron chi connectivity index (χ4n) is 2.38. The minimum Gasteiger partial charge on any atom is -0.399 e. The van der Waals surface area contributed by atoms with E-state index in [9.17, 15) is 0 Å². The first kappa shape index (κ1) is 8.70. The first-order chi connectivity index (χ1) is 8.33. The Morgan fingerprint density at radius 3 is 2.76 bits per heavy atom. The second kappa shape index (κ2) is 2.83. The number of amidine groups is 1. The number of para-hydroxylation sites is 1. The van der Waals surface area contributed by atoms with Gasteiger partial charge in [-0.2, -0.15) is 0 Å². The lowest BCUT2D eigenvalue weighted by atomic mass is 10.0. The molecule has 0 fully saturated rings. The van der Waals surface area contributed by atoms with E-state index in [0.29, 0.717) is 0 Å². The van der Waals surface area contributed by atoms with Crippen LogP contribution in [0.15, 0.2) is 52.4 Å². The molecule has 0 amide bonds.